The van der Waals surface area contributed by atoms with Crippen LogP contribution in [-0.2, 0) is 4.79 Å². The lowest BCUT2D eigenvalue weighted by Crippen LogP contribution is -2.35. The Morgan fingerprint density at radius 3 is 2.52 bits per heavy atom. The number of amides is 2. The van der Waals surface area contributed by atoms with E-state index in [1.165, 1.54) is 19.2 Å². The zero-order valence-corrected chi connectivity index (χ0v) is 16.6. The Kier molecular flexibility index (Phi) is 5.87. The van der Waals surface area contributed by atoms with E-state index in [9.17, 15) is 27.2 Å². The number of alkyl halides is 3. The van der Waals surface area contributed by atoms with E-state index in [2.05, 4.69) is 31.2 Å². The second-order valence-electron chi connectivity index (χ2n) is 6.66. The van der Waals surface area contributed by atoms with Crippen LogP contribution in [0.1, 0.15) is 28.3 Å². The third kappa shape index (κ3) is 5.08. The average Bonchev–Trinajstić information content (AvgIpc) is 3.44. The highest BCUT2D eigenvalue weighted by molar-refractivity contribution is 9.10. The van der Waals surface area contributed by atoms with Gasteiger partial charge >= 0.3 is 6.18 Å². The number of rotatable bonds is 5. The van der Waals surface area contributed by atoms with Crippen LogP contribution in [0, 0.1) is 11.7 Å². The quantitative estimate of drug-likeness (QED) is 0.669. The number of halogens is 5. The molecule has 1 heterocycles. The molecule has 1 fully saturated rings. The smallest absolute Gasteiger partial charge is 0.332 e. The summed E-state index contributed by atoms with van der Waals surface area (Å²) in [5.41, 5.74) is 0.402. The number of nitrogens with one attached hydrogen (secondary N) is 1. The van der Waals surface area contributed by atoms with Gasteiger partial charge in [-0.05, 0) is 36.1 Å². The number of hydrogen-bond acceptors (Lipinski definition) is 4. The number of benzene rings is 1. The standard InChI is InChI=1S/C18H15BrF4N4O2/c1-27(8-15(28)26-17-24-6-10(20)7-25-17)16(29)11-3-2-9(19)4-12(11)13-5-14(13)18(21,22)23/h2-4,6-7,13-14H,5,8H2,1H3,(H,24,25,26,28). The lowest BCUT2D eigenvalue weighted by molar-refractivity contribution is -0.148. The van der Waals surface area contributed by atoms with Crippen LogP contribution in [0.5, 0.6) is 0 Å². The zero-order valence-electron chi connectivity index (χ0n) is 15.0. The molecule has 0 spiro atoms. The first-order valence-corrected chi connectivity index (χ1v) is 9.24. The van der Waals surface area contributed by atoms with E-state index in [4.69, 9.17) is 0 Å². The zero-order chi connectivity index (χ0) is 21.3. The summed E-state index contributed by atoms with van der Waals surface area (Å²) in [6.07, 6.45) is -2.66. The Hall–Kier alpha value is -2.56. The molecule has 0 aliphatic heterocycles. The van der Waals surface area contributed by atoms with Crippen molar-refractivity contribution in [2.45, 2.75) is 18.5 Å². The van der Waals surface area contributed by atoms with E-state index in [0.29, 0.717) is 10.0 Å². The van der Waals surface area contributed by atoms with E-state index >= 15 is 0 Å². The molecule has 1 aromatic heterocycles. The van der Waals surface area contributed by atoms with Gasteiger partial charge in [0.25, 0.3) is 5.91 Å². The van der Waals surface area contributed by atoms with E-state index < -0.39 is 35.6 Å². The Morgan fingerprint density at radius 1 is 1.28 bits per heavy atom. The number of carbonyl (C=O) groups excluding carboxylic acids is 2. The summed E-state index contributed by atoms with van der Waals surface area (Å²) in [5, 5.41) is 2.31. The summed E-state index contributed by atoms with van der Waals surface area (Å²) < 4.78 is 52.3. The first-order valence-electron chi connectivity index (χ1n) is 8.45. The van der Waals surface area contributed by atoms with Gasteiger partial charge in [-0.25, -0.2) is 14.4 Å². The van der Waals surface area contributed by atoms with Gasteiger partial charge in [-0.2, -0.15) is 13.2 Å². The molecule has 1 aliphatic carbocycles. The number of carbonyl (C=O) groups is 2. The van der Waals surface area contributed by atoms with Crippen LogP contribution in [0.3, 0.4) is 0 Å². The van der Waals surface area contributed by atoms with Crippen LogP contribution >= 0.6 is 15.9 Å². The van der Waals surface area contributed by atoms with Crippen molar-refractivity contribution in [2.24, 2.45) is 5.92 Å². The third-order valence-corrected chi connectivity index (χ3v) is 4.95. The normalized spacial score (nSPS) is 18.3. The molecule has 11 heteroatoms. The molecule has 1 N–H and O–H groups in total. The van der Waals surface area contributed by atoms with Gasteiger partial charge < -0.3 is 4.90 Å². The minimum Gasteiger partial charge on any atom is -0.332 e. The second kappa shape index (κ2) is 8.05. The van der Waals surface area contributed by atoms with Gasteiger partial charge in [0.2, 0.25) is 11.9 Å². The van der Waals surface area contributed by atoms with Crippen molar-refractivity contribution in [3.8, 4) is 0 Å². The molecule has 1 aromatic carbocycles. The van der Waals surface area contributed by atoms with Crippen molar-refractivity contribution in [3.63, 3.8) is 0 Å². The van der Waals surface area contributed by atoms with Crippen molar-refractivity contribution >= 4 is 33.7 Å². The predicted molar refractivity (Wildman–Crippen MR) is 98.6 cm³/mol. The SMILES string of the molecule is CN(CC(=O)Nc1ncc(F)cn1)C(=O)c1ccc(Br)cc1C1CC1C(F)(F)F. The molecule has 2 amide bonds. The van der Waals surface area contributed by atoms with Gasteiger partial charge in [0, 0.05) is 17.1 Å². The van der Waals surface area contributed by atoms with E-state index in [-0.39, 0.29) is 24.5 Å². The van der Waals surface area contributed by atoms with Gasteiger partial charge in [-0.1, -0.05) is 15.9 Å². The van der Waals surface area contributed by atoms with Gasteiger partial charge in [0.15, 0.2) is 5.82 Å². The lowest BCUT2D eigenvalue weighted by atomic mass is 10.0. The van der Waals surface area contributed by atoms with Crippen LogP contribution < -0.4 is 5.32 Å². The Labute approximate surface area is 171 Å². The maximum absolute atomic E-state index is 13.0. The first-order chi connectivity index (χ1) is 13.6. The fourth-order valence-corrected chi connectivity index (χ4v) is 3.35. The van der Waals surface area contributed by atoms with Crippen molar-refractivity contribution in [2.75, 3.05) is 18.9 Å². The Bertz CT molecular complexity index is 936. The van der Waals surface area contributed by atoms with Crippen molar-refractivity contribution in [1.82, 2.24) is 14.9 Å². The molecule has 6 nitrogen and oxygen atoms in total. The molecule has 29 heavy (non-hydrogen) atoms. The van der Waals surface area contributed by atoms with Gasteiger partial charge in [0.05, 0.1) is 24.9 Å². The second-order valence-corrected chi connectivity index (χ2v) is 7.57. The summed E-state index contributed by atoms with van der Waals surface area (Å²) in [4.78, 5) is 33.1. The molecular weight excluding hydrogens is 460 g/mol. The Morgan fingerprint density at radius 2 is 1.93 bits per heavy atom. The summed E-state index contributed by atoms with van der Waals surface area (Å²) >= 11 is 3.22. The van der Waals surface area contributed by atoms with Crippen LogP contribution in [0.2, 0.25) is 0 Å². The minimum atomic E-state index is -4.33. The molecular formula is C18H15BrF4N4O2. The predicted octanol–water partition coefficient (Wildman–Crippen LogP) is 3.75. The third-order valence-electron chi connectivity index (χ3n) is 4.45. The number of nitrogens with zero attached hydrogens (tertiary/aromatic N) is 3. The largest absolute Gasteiger partial charge is 0.392 e. The molecule has 2 atom stereocenters. The van der Waals surface area contributed by atoms with Crippen LogP contribution in [-0.4, -0.2) is 46.5 Å². The van der Waals surface area contributed by atoms with E-state index in [0.717, 1.165) is 17.3 Å². The maximum atomic E-state index is 13.0. The number of likely N-dealkylation sites (N-methyl/N-ethyl adjacent to an activating group) is 1. The van der Waals surface area contributed by atoms with Crippen molar-refractivity contribution in [3.05, 3.63) is 52.0 Å². The molecule has 1 aliphatic rings. The van der Waals surface area contributed by atoms with Gasteiger partial charge in [-0.15, -0.1) is 0 Å². The highest BCUT2D eigenvalue weighted by Crippen LogP contribution is 2.57. The minimum absolute atomic E-state index is 0.0770. The number of hydrogen-bond donors (Lipinski definition) is 1. The van der Waals surface area contributed by atoms with Gasteiger partial charge in [-0.3, -0.25) is 14.9 Å². The lowest BCUT2D eigenvalue weighted by Gasteiger charge is -2.19. The highest BCUT2D eigenvalue weighted by Gasteiger charge is 2.56. The molecule has 0 saturated heterocycles. The van der Waals surface area contributed by atoms with Crippen LogP contribution in [0.4, 0.5) is 23.5 Å². The summed E-state index contributed by atoms with van der Waals surface area (Å²) in [6, 6.07) is 4.50. The molecule has 2 unspecified atom stereocenters. The fourth-order valence-electron chi connectivity index (χ4n) is 2.97. The van der Waals surface area contributed by atoms with E-state index in [1.807, 2.05) is 0 Å². The summed E-state index contributed by atoms with van der Waals surface area (Å²) in [6.45, 7) is -0.386. The van der Waals surface area contributed by atoms with Crippen molar-refractivity contribution < 1.29 is 27.2 Å². The first kappa shape index (κ1) is 21.2. The highest BCUT2D eigenvalue weighted by atomic mass is 79.9. The van der Waals surface area contributed by atoms with Gasteiger partial charge in [0.1, 0.15) is 0 Å². The monoisotopic (exact) mass is 474 g/mol. The number of anilines is 1. The Balaban J connectivity index is 1.71. The topological polar surface area (TPSA) is 75.2 Å². The maximum Gasteiger partial charge on any atom is 0.392 e. The molecule has 3 rings (SSSR count). The summed E-state index contributed by atoms with van der Waals surface area (Å²) in [5.74, 6) is -4.29. The summed E-state index contributed by atoms with van der Waals surface area (Å²) in [7, 11) is 1.35. The van der Waals surface area contributed by atoms with Crippen LogP contribution in [0.25, 0.3) is 0 Å². The molecule has 1 saturated carbocycles. The van der Waals surface area contributed by atoms with Crippen molar-refractivity contribution in [1.29, 1.82) is 0 Å². The molecule has 0 radical (unpaired) electrons. The van der Waals surface area contributed by atoms with Crippen LogP contribution in [0.15, 0.2) is 35.1 Å². The molecule has 154 valence electrons. The van der Waals surface area contributed by atoms with E-state index in [1.54, 1.807) is 6.07 Å². The average molecular weight is 475 g/mol. The number of aromatic nitrogens is 2. The fraction of sp³-hybridized carbons (Fsp3) is 0.333. The molecule has 0 bridgehead atoms. The molecule has 2 aromatic rings.